The minimum Gasteiger partial charge on any atom is -0.431 e. The summed E-state index contributed by atoms with van der Waals surface area (Å²) in [5.41, 5.74) is 1.07. The summed E-state index contributed by atoms with van der Waals surface area (Å²) in [7, 11) is -0.702. The van der Waals surface area contributed by atoms with Crippen molar-refractivity contribution in [2.45, 2.75) is 31.2 Å². The van der Waals surface area contributed by atoms with Crippen molar-refractivity contribution in [2.24, 2.45) is 4.47 Å². The lowest BCUT2D eigenvalue weighted by Gasteiger charge is -2.34. The number of nitrogens with zero attached hydrogens (tertiary/aromatic N) is 6. The molecule has 2 N–H and O–H groups in total. The number of nitriles is 1. The Morgan fingerprint density at radius 3 is 3.03 bits per heavy atom. The van der Waals surface area contributed by atoms with Gasteiger partial charge in [-0.1, -0.05) is 6.08 Å². The normalized spacial score (nSPS) is 21.9. The summed E-state index contributed by atoms with van der Waals surface area (Å²) >= 11 is 0. The molecule has 31 heavy (non-hydrogen) atoms. The monoisotopic (exact) mass is 437 g/mol. The lowest BCUT2D eigenvalue weighted by Crippen LogP contribution is -2.41. The van der Waals surface area contributed by atoms with Crippen LogP contribution in [0.5, 0.6) is 0 Å². The molecule has 5 rings (SSSR count). The van der Waals surface area contributed by atoms with Gasteiger partial charge in [0.15, 0.2) is 5.69 Å². The van der Waals surface area contributed by atoms with Gasteiger partial charge in [-0.2, -0.15) is 10.2 Å². The summed E-state index contributed by atoms with van der Waals surface area (Å²) in [6.07, 6.45) is 9.84. The van der Waals surface area contributed by atoms with Crippen molar-refractivity contribution in [1.82, 2.24) is 24.9 Å². The van der Waals surface area contributed by atoms with Gasteiger partial charge >= 0.3 is 0 Å². The summed E-state index contributed by atoms with van der Waals surface area (Å²) < 4.78 is 10.3. The lowest BCUT2D eigenvalue weighted by molar-refractivity contribution is 0.0446. The number of fused-ring (bicyclic) bond motifs is 2. The van der Waals surface area contributed by atoms with Crippen LogP contribution in [0.1, 0.15) is 52.7 Å². The molecule has 0 aromatic carbocycles. The highest BCUT2D eigenvalue weighted by Gasteiger charge is 2.40. The average molecular weight is 437 g/mol. The molecule has 0 saturated carbocycles. The van der Waals surface area contributed by atoms with E-state index in [0.717, 1.165) is 17.1 Å². The summed E-state index contributed by atoms with van der Waals surface area (Å²) in [5, 5.41) is 23.1. The van der Waals surface area contributed by atoms with Crippen molar-refractivity contribution >= 4 is 16.6 Å². The maximum absolute atomic E-state index is 13.6. The van der Waals surface area contributed by atoms with Crippen LogP contribution in [0, 0.1) is 11.3 Å². The van der Waals surface area contributed by atoms with Crippen LogP contribution >= 0.6 is 0 Å². The van der Waals surface area contributed by atoms with Crippen LogP contribution in [0.2, 0.25) is 0 Å². The van der Waals surface area contributed by atoms with Gasteiger partial charge in [-0.3, -0.25) is 4.79 Å². The highest BCUT2D eigenvalue weighted by molar-refractivity contribution is 7.90. The van der Waals surface area contributed by atoms with Crippen LogP contribution in [0.25, 0.3) is 0 Å². The predicted molar refractivity (Wildman–Crippen MR) is 111 cm³/mol. The standard InChI is InChI=1S/C20H19N7O3S/c1-20(2,29)19-24-14(9-21)16(30-19)17(28)26-8-6-13-15(23-11-22-13)18(26)31-10-12-5-3-4-7-27(12)25-31/h3-5,7,10-11,18,29H,6,8H2,1-2H3,(H,22,23)/t18-,31?/m0/s1. The smallest absolute Gasteiger partial charge is 0.294 e. The fourth-order valence-corrected chi connectivity index (χ4v) is 5.55. The number of H-pyrrole nitrogens is 1. The Bertz CT molecular complexity index is 1240. The molecule has 3 aliphatic heterocycles. The second-order valence-corrected chi connectivity index (χ2v) is 9.29. The first-order valence-corrected chi connectivity index (χ1v) is 10.9. The number of hydrogen-bond donors (Lipinski definition) is 2. The minimum absolute atomic E-state index is 0.0797. The number of nitrogens with one attached hydrogen (secondary N) is 1. The molecular formula is C20H19N7O3S. The maximum Gasteiger partial charge on any atom is 0.294 e. The van der Waals surface area contributed by atoms with Crippen molar-refractivity contribution in [3.8, 4) is 6.07 Å². The summed E-state index contributed by atoms with van der Waals surface area (Å²) in [4.78, 5) is 26.8. The zero-order valence-corrected chi connectivity index (χ0v) is 17.6. The first-order chi connectivity index (χ1) is 14.9. The first kappa shape index (κ1) is 19.5. The third kappa shape index (κ3) is 3.20. The summed E-state index contributed by atoms with van der Waals surface area (Å²) in [6, 6.07) is 1.90. The molecule has 2 aromatic heterocycles. The van der Waals surface area contributed by atoms with Crippen molar-refractivity contribution in [2.75, 3.05) is 6.54 Å². The Hall–Kier alpha value is -3.49. The second-order valence-electron chi connectivity index (χ2n) is 7.75. The van der Waals surface area contributed by atoms with Crippen LogP contribution in [0.3, 0.4) is 0 Å². The molecule has 0 bridgehead atoms. The Labute approximate surface area is 180 Å². The number of rotatable bonds is 3. The van der Waals surface area contributed by atoms with E-state index in [1.54, 1.807) is 16.2 Å². The molecule has 10 nitrogen and oxygen atoms in total. The van der Waals surface area contributed by atoms with E-state index in [2.05, 4.69) is 15.0 Å². The zero-order chi connectivity index (χ0) is 21.8. The third-order valence-electron chi connectivity index (χ3n) is 5.11. The number of amides is 1. The van der Waals surface area contributed by atoms with E-state index in [4.69, 9.17) is 8.89 Å². The molecule has 1 unspecified atom stereocenters. The van der Waals surface area contributed by atoms with Gasteiger partial charge in [-0.15, -0.1) is 4.47 Å². The molecule has 0 saturated heterocycles. The Morgan fingerprint density at radius 1 is 1.45 bits per heavy atom. The van der Waals surface area contributed by atoms with E-state index in [-0.39, 0.29) is 17.3 Å². The number of carbonyl (C=O) groups is 1. The minimum atomic E-state index is -1.42. The fraction of sp³-hybridized carbons (Fsp3) is 0.300. The van der Waals surface area contributed by atoms with Gasteiger partial charge in [0.05, 0.1) is 17.7 Å². The molecule has 11 heteroatoms. The molecule has 0 fully saturated rings. The van der Waals surface area contributed by atoms with Crippen LogP contribution in [0.4, 0.5) is 0 Å². The quantitative estimate of drug-likeness (QED) is 0.751. The predicted octanol–water partition coefficient (Wildman–Crippen LogP) is 2.15. The first-order valence-electron chi connectivity index (χ1n) is 9.63. The molecule has 2 aromatic rings. The number of oxazole rings is 1. The number of imidazole rings is 1. The van der Waals surface area contributed by atoms with Crippen LogP contribution in [0.15, 0.2) is 50.7 Å². The summed E-state index contributed by atoms with van der Waals surface area (Å²) in [6.45, 7) is 3.36. The topological polar surface area (TPSA) is 135 Å². The van der Waals surface area contributed by atoms with Crippen molar-refractivity contribution in [1.29, 1.82) is 5.26 Å². The number of carbonyl (C=O) groups excluding carboxylic acids is 1. The Kier molecular flexibility index (Phi) is 4.42. The molecule has 0 aliphatic carbocycles. The van der Waals surface area contributed by atoms with Crippen LogP contribution < -0.4 is 0 Å². The zero-order valence-electron chi connectivity index (χ0n) is 16.8. The summed E-state index contributed by atoms with van der Waals surface area (Å²) in [5.74, 6) is -0.740. The van der Waals surface area contributed by atoms with Crippen LogP contribution in [-0.2, 0) is 22.7 Å². The maximum atomic E-state index is 13.6. The number of allylic oxidation sites excluding steroid dienone is 3. The van der Waals surface area contributed by atoms with E-state index < -0.39 is 27.6 Å². The Balaban J connectivity index is 1.57. The molecule has 0 spiro atoms. The molecule has 1 amide bonds. The van der Waals surface area contributed by atoms with E-state index in [0.29, 0.717) is 13.0 Å². The third-order valence-corrected chi connectivity index (χ3v) is 6.89. The molecule has 158 valence electrons. The van der Waals surface area contributed by atoms with Crippen molar-refractivity contribution in [3.63, 3.8) is 0 Å². The average Bonchev–Trinajstić information content (AvgIpc) is 3.48. The van der Waals surface area contributed by atoms with Crippen molar-refractivity contribution < 1.29 is 14.3 Å². The van der Waals surface area contributed by atoms with Crippen LogP contribution in [-0.4, -0.2) is 42.4 Å². The highest BCUT2D eigenvalue weighted by atomic mass is 32.2. The van der Waals surface area contributed by atoms with Crippen molar-refractivity contribution in [3.05, 3.63) is 70.6 Å². The number of aliphatic hydroxyl groups is 1. The van der Waals surface area contributed by atoms with E-state index in [1.807, 2.05) is 35.9 Å². The SMILES string of the molecule is CC(C)(O)c1nc(C#N)c(C(=O)N2CCc3[nH]cnc3[C@@H]2S2=NN3C=CC=CC3=C2)o1. The second kappa shape index (κ2) is 7.04. The van der Waals surface area contributed by atoms with Gasteiger partial charge < -0.3 is 19.4 Å². The van der Waals surface area contributed by atoms with E-state index >= 15 is 0 Å². The molecule has 2 atom stereocenters. The van der Waals surface area contributed by atoms with Gasteiger partial charge in [0, 0.05) is 30.3 Å². The fourth-order valence-electron chi connectivity index (χ4n) is 3.60. The molecule has 5 heterocycles. The lowest BCUT2D eigenvalue weighted by atomic mass is 10.1. The van der Waals surface area contributed by atoms with Gasteiger partial charge in [-0.05, 0) is 36.7 Å². The van der Waals surface area contributed by atoms with Gasteiger partial charge in [0.25, 0.3) is 5.91 Å². The number of aromatic amines is 1. The van der Waals surface area contributed by atoms with E-state index in [1.165, 1.54) is 13.8 Å². The number of hydrogen-bond acceptors (Lipinski definition) is 8. The Morgan fingerprint density at radius 2 is 2.29 bits per heavy atom. The van der Waals surface area contributed by atoms with Gasteiger partial charge in [-0.25, -0.2) is 9.99 Å². The van der Waals surface area contributed by atoms with E-state index in [9.17, 15) is 15.2 Å². The molecule has 3 aliphatic rings. The molecular weight excluding hydrogens is 418 g/mol. The van der Waals surface area contributed by atoms with Gasteiger partial charge in [0.2, 0.25) is 11.7 Å². The largest absolute Gasteiger partial charge is 0.431 e. The number of aromatic nitrogens is 3. The highest BCUT2D eigenvalue weighted by Crippen LogP contribution is 2.37. The molecule has 0 radical (unpaired) electrons. The van der Waals surface area contributed by atoms with Gasteiger partial charge in [0.1, 0.15) is 17.0 Å².